The Morgan fingerprint density at radius 2 is 1.47 bits per heavy atom. The molecule has 7 heteroatoms. The minimum atomic E-state index is -4.88. The summed E-state index contributed by atoms with van der Waals surface area (Å²) in [7, 11) is 0. The normalized spacial score (nSPS) is 16.0. The van der Waals surface area contributed by atoms with Crippen LogP contribution in [0.4, 0.5) is 18.0 Å². The SMILES string of the molecule is CC(=O)C(C)(NC(=O)OC(C)(C)C)C(F)(F)F. The number of nitrogens with one attached hydrogen (secondary N) is 1. The Labute approximate surface area is 97.5 Å². The minimum absolute atomic E-state index is 0.596. The average molecular weight is 255 g/mol. The molecule has 0 heterocycles. The monoisotopic (exact) mass is 255 g/mol. The van der Waals surface area contributed by atoms with Crippen LogP contribution in [0.1, 0.15) is 34.6 Å². The molecule has 0 bridgehead atoms. The first-order valence-electron chi connectivity index (χ1n) is 4.88. The number of alkyl carbamates (subject to hydrolysis) is 1. The molecule has 0 spiro atoms. The first-order valence-corrected chi connectivity index (χ1v) is 4.88. The third-order valence-electron chi connectivity index (χ3n) is 2.02. The van der Waals surface area contributed by atoms with Crippen molar-refractivity contribution in [2.75, 3.05) is 0 Å². The van der Waals surface area contributed by atoms with Crippen LogP contribution >= 0.6 is 0 Å². The molecule has 0 aromatic carbocycles. The van der Waals surface area contributed by atoms with Crippen LogP contribution in [0.5, 0.6) is 0 Å². The van der Waals surface area contributed by atoms with E-state index in [9.17, 15) is 22.8 Å². The molecule has 0 rings (SSSR count). The lowest BCUT2D eigenvalue weighted by molar-refractivity contribution is -0.192. The Hall–Kier alpha value is -1.27. The van der Waals surface area contributed by atoms with Crippen molar-refractivity contribution in [2.45, 2.75) is 51.9 Å². The van der Waals surface area contributed by atoms with Gasteiger partial charge < -0.3 is 10.1 Å². The van der Waals surface area contributed by atoms with Crippen molar-refractivity contribution in [3.05, 3.63) is 0 Å². The Morgan fingerprint density at radius 3 is 1.71 bits per heavy atom. The van der Waals surface area contributed by atoms with Crippen LogP contribution in [-0.2, 0) is 9.53 Å². The molecule has 1 unspecified atom stereocenters. The summed E-state index contributed by atoms with van der Waals surface area (Å²) in [5.41, 5.74) is -3.87. The van der Waals surface area contributed by atoms with E-state index in [4.69, 9.17) is 0 Å². The second-order valence-corrected chi connectivity index (χ2v) is 4.81. The number of carbonyl (C=O) groups is 2. The Kier molecular flexibility index (Phi) is 4.20. The van der Waals surface area contributed by atoms with Gasteiger partial charge in [0, 0.05) is 0 Å². The number of rotatable bonds is 2. The van der Waals surface area contributed by atoms with Gasteiger partial charge in [-0.3, -0.25) is 4.79 Å². The van der Waals surface area contributed by atoms with Crippen LogP contribution in [0.2, 0.25) is 0 Å². The molecule has 0 aliphatic heterocycles. The molecule has 0 aromatic heterocycles. The van der Waals surface area contributed by atoms with E-state index >= 15 is 0 Å². The lowest BCUT2D eigenvalue weighted by atomic mass is 9.97. The number of alkyl halides is 3. The summed E-state index contributed by atoms with van der Waals surface area (Å²) in [6, 6.07) is 0. The van der Waals surface area contributed by atoms with Crippen molar-refractivity contribution in [3.63, 3.8) is 0 Å². The molecule has 100 valence electrons. The van der Waals surface area contributed by atoms with E-state index in [0.717, 1.165) is 6.92 Å². The predicted octanol–water partition coefficient (Wildman–Crippen LogP) is 2.42. The molecule has 4 nitrogen and oxygen atoms in total. The molecule has 0 radical (unpaired) electrons. The maximum absolute atomic E-state index is 12.7. The Balaban J connectivity index is 4.93. The third-order valence-corrected chi connectivity index (χ3v) is 2.02. The lowest BCUT2D eigenvalue weighted by Crippen LogP contribution is -2.61. The van der Waals surface area contributed by atoms with Gasteiger partial charge in [-0.15, -0.1) is 0 Å². The van der Waals surface area contributed by atoms with Gasteiger partial charge in [0.1, 0.15) is 5.60 Å². The van der Waals surface area contributed by atoms with Gasteiger partial charge in [0.25, 0.3) is 0 Å². The second kappa shape index (κ2) is 4.54. The summed E-state index contributed by atoms with van der Waals surface area (Å²) in [4.78, 5) is 22.3. The number of halogens is 3. The zero-order valence-electron chi connectivity index (χ0n) is 10.4. The summed E-state index contributed by atoms with van der Waals surface area (Å²) in [5.74, 6) is -1.21. The molecule has 1 atom stereocenters. The fourth-order valence-electron chi connectivity index (χ4n) is 0.866. The number of hydrogen-bond donors (Lipinski definition) is 1. The van der Waals surface area contributed by atoms with Crippen molar-refractivity contribution in [1.82, 2.24) is 5.32 Å². The average Bonchev–Trinajstić information content (AvgIpc) is 1.96. The molecule has 0 aliphatic rings. The molecule has 17 heavy (non-hydrogen) atoms. The molecule has 0 saturated carbocycles. The van der Waals surface area contributed by atoms with Crippen LogP contribution in [0, 0.1) is 0 Å². The van der Waals surface area contributed by atoms with Crippen molar-refractivity contribution < 1.29 is 27.5 Å². The standard InChI is InChI=1S/C10H16F3NO3/c1-6(15)9(5,10(11,12)13)14-7(16)17-8(2,3)4/h1-5H3,(H,14,16). The van der Waals surface area contributed by atoms with Crippen molar-refractivity contribution in [3.8, 4) is 0 Å². The molecule has 0 aliphatic carbocycles. The zero-order chi connectivity index (χ0) is 14.1. The largest absolute Gasteiger partial charge is 0.444 e. The van der Waals surface area contributed by atoms with Crippen LogP contribution in [0.3, 0.4) is 0 Å². The first kappa shape index (κ1) is 15.7. The topological polar surface area (TPSA) is 55.4 Å². The number of hydrogen-bond acceptors (Lipinski definition) is 3. The molecular weight excluding hydrogens is 239 g/mol. The second-order valence-electron chi connectivity index (χ2n) is 4.81. The van der Waals surface area contributed by atoms with Crippen LogP contribution in [-0.4, -0.2) is 29.2 Å². The fourth-order valence-corrected chi connectivity index (χ4v) is 0.866. The van der Waals surface area contributed by atoms with Crippen LogP contribution < -0.4 is 5.32 Å². The van der Waals surface area contributed by atoms with Crippen molar-refractivity contribution in [2.24, 2.45) is 0 Å². The summed E-state index contributed by atoms with van der Waals surface area (Å²) in [6.07, 6.45) is -6.16. The Morgan fingerprint density at radius 1 is 1.06 bits per heavy atom. The smallest absolute Gasteiger partial charge is 0.418 e. The van der Waals surface area contributed by atoms with Gasteiger partial charge in [-0.05, 0) is 34.6 Å². The van der Waals surface area contributed by atoms with E-state index in [2.05, 4.69) is 4.74 Å². The third kappa shape index (κ3) is 4.24. The van der Waals surface area contributed by atoms with Crippen molar-refractivity contribution >= 4 is 11.9 Å². The van der Waals surface area contributed by atoms with Crippen LogP contribution in [0.15, 0.2) is 0 Å². The number of Topliss-reactive ketones (excluding diaryl/α,β-unsaturated/α-hetero) is 1. The fraction of sp³-hybridized carbons (Fsp3) is 0.800. The summed E-state index contributed by atoms with van der Waals surface area (Å²) < 4.78 is 42.6. The van der Waals surface area contributed by atoms with Gasteiger partial charge in [0.05, 0.1) is 0 Å². The highest BCUT2D eigenvalue weighted by Gasteiger charge is 2.56. The lowest BCUT2D eigenvalue weighted by Gasteiger charge is -2.31. The maximum atomic E-state index is 12.7. The van der Waals surface area contributed by atoms with E-state index in [1.807, 2.05) is 0 Å². The highest BCUT2D eigenvalue weighted by Crippen LogP contribution is 2.31. The van der Waals surface area contributed by atoms with Gasteiger partial charge in [0.15, 0.2) is 11.3 Å². The molecular formula is C10H16F3NO3. The molecule has 1 amide bonds. The van der Waals surface area contributed by atoms with Gasteiger partial charge >= 0.3 is 12.3 Å². The van der Waals surface area contributed by atoms with Gasteiger partial charge in [-0.1, -0.05) is 0 Å². The summed E-state index contributed by atoms with van der Waals surface area (Å²) in [5, 5.41) is 1.55. The first-order chi connectivity index (χ1) is 7.29. The Bertz CT molecular complexity index is 320. The molecule has 0 aromatic rings. The van der Waals surface area contributed by atoms with Gasteiger partial charge in [-0.25, -0.2) is 4.79 Å². The van der Waals surface area contributed by atoms with Crippen molar-refractivity contribution in [1.29, 1.82) is 0 Å². The molecule has 0 saturated heterocycles. The van der Waals surface area contributed by atoms with E-state index in [-0.39, 0.29) is 0 Å². The van der Waals surface area contributed by atoms with E-state index in [1.54, 1.807) is 5.32 Å². The minimum Gasteiger partial charge on any atom is -0.444 e. The van der Waals surface area contributed by atoms with Gasteiger partial charge in [-0.2, -0.15) is 13.2 Å². The molecule has 0 fully saturated rings. The van der Waals surface area contributed by atoms with E-state index in [0.29, 0.717) is 6.92 Å². The van der Waals surface area contributed by atoms with Gasteiger partial charge in [0.2, 0.25) is 0 Å². The number of ether oxygens (including phenoxy) is 1. The summed E-state index contributed by atoms with van der Waals surface area (Å²) >= 11 is 0. The zero-order valence-corrected chi connectivity index (χ0v) is 10.4. The summed E-state index contributed by atoms with van der Waals surface area (Å²) in [6.45, 7) is 5.87. The maximum Gasteiger partial charge on any atom is 0.418 e. The highest BCUT2D eigenvalue weighted by atomic mass is 19.4. The number of carbonyl (C=O) groups excluding carboxylic acids is 2. The predicted molar refractivity (Wildman–Crippen MR) is 54.5 cm³/mol. The van der Waals surface area contributed by atoms with Crippen LogP contribution in [0.25, 0.3) is 0 Å². The molecule has 1 N–H and O–H groups in total. The highest BCUT2D eigenvalue weighted by molar-refractivity contribution is 5.90. The van der Waals surface area contributed by atoms with E-state index in [1.165, 1.54) is 20.8 Å². The number of amides is 1. The van der Waals surface area contributed by atoms with E-state index < -0.39 is 29.2 Å². The quantitative estimate of drug-likeness (QED) is 0.824. The number of ketones is 1.